The maximum absolute atomic E-state index is 10.6. The van der Waals surface area contributed by atoms with Crippen molar-refractivity contribution in [1.82, 2.24) is 0 Å². The lowest BCUT2D eigenvalue weighted by Crippen LogP contribution is -2.22. The Hall–Kier alpha value is -0.980. The van der Waals surface area contributed by atoms with Gasteiger partial charge in [0.2, 0.25) is 0 Å². The minimum absolute atomic E-state index is 0.0522. The van der Waals surface area contributed by atoms with Crippen molar-refractivity contribution in [2.24, 2.45) is 0 Å². The quantitative estimate of drug-likeness (QED) is 0.375. The van der Waals surface area contributed by atoms with E-state index in [0.29, 0.717) is 5.75 Å². The number of rotatable bonds is 11. The highest BCUT2D eigenvalue weighted by atomic mass is 16.3. The number of unbranched alkanes of at least 4 members (excludes halogenated alkanes) is 9. The van der Waals surface area contributed by atoms with Gasteiger partial charge in [-0.25, -0.2) is 0 Å². The zero-order valence-electron chi connectivity index (χ0n) is 20.3. The van der Waals surface area contributed by atoms with Crippen LogP contribution in [0.25, 0.3) is 0 Å². The number of hydrogen-bond donors (Lipinski definition) is 1. The molecule has 0 aliphatic carbocycles. The van der Waals surface area contributed by atoms with Crippen molar-refractivity contribution in [3.63, 3.8) is 0 Å². The van der Waals surface area contributed by atoms with Crippen LogP contribution in [0.2, 0.25) is 0 Å². The molecule has 0 heterocycles. The lowest BCUT2D eigenvalue weighted by Gasteiger charge is -2.32. The van der Waals surface area contributed by atoms with Gasteiger partial charge in [0.1, 0.15) is 5.75 Å². The number of phenolic OH excluding ortho intramolecular Hbond substituents is 1. The lowest BCUT2D eigenvalue weighted by molar-refractivity contribution is 0.457. The second-order valence-corrected chi connectivity index (χ2v) is 10.9. The zero-order chi connectivity index (χ0) is 21.4. The van der Waals surface area contributed by atoms with Gasteiger partial charge >= 0.3 is 0 Å². The molecule has 1 heteroatoms. The SMILES string of the molecule is CCCCCCCCCCCCc1c(C(C)(C)C)cc(O)c(C)c1C(C)(C)C. The largest absolute Gasteiger partial charge is 0.508 e. The topological polar surface area (TPSA) is 20.2 Å². The van der Waals surface area contributed by atoms with Gasteiger partial charge in [-0.1, -0.05) is 106 Å². The summed E-state index contributed by atoms with van der Waals surface area (Å²) in [6.07, 6.45) is 14.9. The molecule has 0 aliphatic rings. The van der Waals surface area contributed by atoms with Crippen LogP contribution in [0.15, 0.2) is 6.07 Å². The first-order valence-electron chi connectivity index (χ1n) is 11.9. The maximum atomic E-state index is 10.6. The van der Waals surface area contributed by atoms with Gasteiger partial charge < -0.3 is 5.11 Å². The van der Waals surface area contributed by atoms with Gasteiger partial charge in [-0.05, 0) is 58.9 Å². The van der Waals surface area contributed by atoms with Crippen LogP contribution in [0, 0.1) is 6.92 Å². The fourth-order valence-corrected chi connectivity index (χ4v) is 4.55. The summed E-state index contributed by atoms with van der Waals surface area (Å²) in [4.78, 5) is 0. The van der Waals surface area contributed by atoms with Crippen molar-refractivity contribution in [3.05, 3.63) is 28.3 Å². The summed E-state index contributed by atoms with van der Waals surface area (Å²) in [6.45, 7) is 18.0. The highest BCUT2D eigenvalue weighted by molar-refractivity contribution is 5.53. The molecule has 0 fully saturated rings. The number of aromatic hydroxyl groups is 1. The Balaban J connectivity index is 2.73. The molecule has 0 saturated heterocycles. The molecule has 1 aromatic carbocycles. The molecule has 1 aromatic rings. The summed E-state index contributed by atoms with van der Waals surface area (Å²) in [7, 11) is 0. The van der Waals surface area contributed by atoms with Crippen molar-refractivity contribution in [2.45, 2.75) is 137 Å². The van der Waals surface area contributed by atoms with E-state index in [4.69, 9.17) is 0 Å². The number of benzene rings is 1. The van der Waals surface area contributed by atoms with E-state index in [9.17, 15) is 5.11 Å². The van der Waals surface area contributed by atoms with Crippen molar-refractivity contribution in [1.29, 1.82) is 0 Å². The standard InChI is InChI=1S/C27H48O/c1-9-10-11-12-13-14-15-16-17-18-19-22-23(26(3,4)5)20-24(28)21(2)25(22)27(6,7)8/h20,28H,9-19H2,1-8H3. The normalized spacial score (nSPS) is 12.6. The van der Waals surface area contributed by atoms with E-state index in [-0.39, 0.29) is 10.8 Å². The number of hydrogen-bond acceptors (Lipinski definition) is 1. The molecule has 0 atom stereocenters. The summed E-state index contributed by atoms with van der Waals surface area (Å²) >= 11 is 0. The molecule has 0 spiro atoms. The molecule has 1 N–H and O–H groups in total. The molecule has 1 nitrogen and oxygen atoms in total. The van der Waals surface area contributed by atoms with E-state index in [1.54, 1.807) is 0 Å². The summed E-state index contributed by atoms with van der Waals surface area (Å²) in [6, 6.07) is 2.04. The van der Waals surface area contributed by atoms with Gasteiger partial charge in [0.05, 0.1) is 0 Å². The molecular formula is C27H48O. The van der Waals surface area contributed by atoms with Crippen LogP contribution in [0.4, 0.5) is 0 Å². The van der Waals surface area contributed by atoms with Crippen LogP contribution in [0.3, 0.4) is 0 Å². The first kappa shape index (κ1) is 25.1. The minimum Gasteiger partial charge on any atom is -0.508 e. The Labute approximate surface area is 176 Å². The predicted octanol–water partition coefficient (Wildman–Crippen LogP) is 8.76. The highest BCUT2D eigenvalue weighted by Crippen LogP contribution is 2.40. The van der Waals surface area contributed by atoms with Crippen LogP contribution in [-0.2, 0) is 17.3 Å². The molecule has 162 valence electrons. The first-order chi connectivity index (χ1) is 13.0. The maximum Gasteiger partial charge on any atom is 0.119 e. The second-order valence-electron chi connectivity index (χ2n) is 10.9. The van der Waals surface area contributed by atoms with Gasteiger partial charge in [0, 0.05) is 0 Å². The average Bonchev–Trinajstić information content (AvgIpc) is 2.57. The highest BCUT2D eigenvalue weighted by Gasteiger charge is 2.28. The van der Waals surface area contributed by atoms with E-state index in [1.165, 1.54) is 80.9 Å². The summed E-state index contributed by atoms with van der Waals surface area (Å²) < 4.78 is 0. The molecular weight excluding hydrogens is 340 g/mol. The average molecular weight is 389 g/mol. The molecule has 0 radical (unpaired) electrons. The molecule has 0 aromatic heterocycles. The van der Waals surface area contributed by atoms with Gasteiger partial charge in [0.25, 0.3) is 0 Å². The third kappa shape index (κ3) is 7.80. The molecule has 1 rings (SSSR count). The van der Waals surface area contributed by atoms with E-state index in [1.807, 2.05) is 6.07 Å². The van der Waals surface area contributed by atoms with Crippen LogP contribution < -0.4 is 0 Å². The third-order valence-electron chi connectivity index (χ3n) is 6.01. The van der Waals surface area contributed by atoms with Crippen LogP contribution in [-0.4, -0.2) is 5.11 Å². The van der Waals surface area contributed by atoms with Crippen molar-refractivity contribution in [3.8, 4) is 5.75 Å². The molecule has 0 amide bonds. The minimum atomic E-state index is 0.0522. The lowest BCUT2D eigenvalue weighted by atomic mass is 9.73. The smallest absolute Gasteiger partial charge is 0.119 e. The van der Waals surface area contributed by atoms with Gasteiger partial charge in [-0.3, -0.25) is 0 Å². The van der Waals surface area contributed by atoms with Crippen molar-refractivity contribution < 1.29 is 5.11 Å². The summed E-state index contributed by atoms with van der Waals surface area (Å²) in [5.74, 6) is 0.460. The molecule has 28 heavy (non-hydrogen) atoms. The molecule has 0 unspecified atom stereocenters. The molecule has 0 aliphatic heterocycles. The van der Waals surface area contributed by atoms with E-state index in [2.05, 4.69) is 55.4 Å². The molecule has 0 bridgehead atoms. The predicted molar refractivity (Wildman–Crippen MR) is 126 cm³/mol. The van der Waals surface area contributed by atoms with Crippen LogP contribution in [0.5, 0.6) is 5.75 Å². The van der Waals surface area contributed by atoms with Gasteiger partial charge in [-0.15, -0.1) is 0 Å². The number of phenols is 1. The Morgan fingerprint density at radius 1 is 0.714 bits per heavy atom. The first-order valence-corrected chi connectivity index (χ1v) is 11.9. The Bertz CT molecular complexity index is 584. The summed E-state index contributed by atoms with van der Waals surface area (Å²) in [5, 5.41) is 10.6. The monoisotopic (exact) mass is 388 g/mol. The van der Waals surface area contributed by atoms with Gasteiger partial charge in [-0.2, -0.15) is 0 Å². The van der Waals surface area contributed by atoms with E-state index >= 15 is 0 Å². The summed E-state index contributed by atoms with van der Waals surface area (Å²) in [5.41, 5.74) is 5.37. The zero-order valence-corrected chi connectivity index (χ0v) is 20.3. The Morgan fingerprint density at radius 2 is 1.18 bits per heavy atom. The third-order valence-corrected chi connectivity index (χ3v) is 6.01. The Kier molecular flexibility index (Phi) is 10.1. The fraction of sp³-hybridized carbons (Fsp3) is 0.778. The Morgan fingerprint density at radius 3 is 1.61 bits per heavy atom. The van der Waals surface area contributed by atoms with E-state index < -0.39 is 0 Å². The van der Waals surface area contributed by atoms with Crippen LogP contribution >= 0.6 is 0 Å². The second kappa shape index (κ2) is 11.3. The fourth-order valence-electron chi connectivity index (χ4n) is 4.55. The van der Waals surface area contributed by atoms with Crippen molar-refractivity contribution >= 4 is 0 Å². The van der Waals surface area contributed by atoms with Gasteiger partial charge in [0.15, 0.2) is 0 Å². The molecule has 0 saturated carbocycles. The van der Waals surface area contributed by atoms with Crippen molar-refractivity contribution in [2.75, 3.05) is 0 Å². The van der Waals surface area contributed by atoms with E-state index in [0.717, 1.165) is 12.0 Å². The van der Waals surface area contributed by atoms with Crippen LogP contribution in [0.1, 0.15) is 135 Å².